The molecule has 0 bridgehead atoms. The first-order valence-electron chi connectivity index (χ1n) is 8.25. The fourth-order valence-corrected chi connectivity index (χ4v) is 3.44. The smallest absolute Gasteiger partial charge is 0.246 e. The Morgan fingerprint density at radius 1 is 1.19 bits per heavy atom. The van der Waals surface area contributed by atoms with E-state index >= 15 is 0 Å². The molecule has 0 aliphatic rings. The van der Waals surface area contributed by atoms with Crippen LogP contribution in [-0.4, -0.2) is 22.8 Å². The standard InChI is InChI=1S/C21H19FN2OS/c1-15(17-4-3-13-23-14-17)24(2)21(25)12-10-19-9-11-20(26-19)16-5-7-18(22)8-6-16/h3-15H,1-2H3/b12-10+. The number of hydrogen-bond donors (Lipinski definition) is 0. The van der Waals surface area contributed by atoms with E-state index in [4.69, 9.17) is 0 Å². The van der Waals surface area contributed by atoms with Gasteiger partial charge in [-0.2, -0.15) is 0 Å². The molecule has 26 heavy (non-hydrogen) atoms. The Hall–Kier alpha value is -2.79. The molecule has 1 unspecified atom stereocenters. The summed E-state index contributed by atoms with van der Waals surface area (Å²) in [6, 6.07) is 14.1. The minimum atomic E-state index is -0.248. The molecule has 0 spiro atoms. The molecule has 1 atom stereocenters. The van der Waals surface area contributed by atoms with Crippen molar-refractivity contribution in [1.82, 2.24) is 9.88 Å². The average Bonchev–Trinajstić information content (AvgIpc) is 3.15. The molecule has 0 saturated heterocycles. The highest BCUT2D eigenvalue weighted by Gasteiger charge is 2.15. The summed E-state index contributed by atoms with van der Waals surface area (Å²) in [4.78, 5) is 20.2. The number of nitrogens with zero attached hydrogens (tertiary/aromatic N) is 2. The van der Waals surface area contributed by atoms with Gasteiger partial charge >= 0.3 is 0 Å². The van der Waals surface area contributed by atoms with Crippen LogP contribution in [0.1, 0.15) is 23.4 Å². The maximum absolute atomic E-state index is 13.0. The van der Waals surface area contributed by atoms with Gasteiger partial charge in [0, 0.05) is 35.3 Å². The Labute approximate surface area is 156 Å². The summed E-state index contributed by atoms with van der Waals surface area (Å²) in [5, 5.41) is 0. The number of hydrogen-bond acceptors (Lipinski definition) is 3. The molecule has 1 aromatic carbocycles. The normalized spacial score (nSPS) is 12.3. The summed E-state index contributed by atoms with van der Waals surface area (Å²) < 4.78 is 13.0. The van der Waals surface area contributed by atoms with Crippen molar-refractivity contribution in [2.75, 3.05) is 7.05 Å². The van der Waals surface area contributed by atoms with Gasteiger partial charge in [-0.3, -0.25) is 9.78 Å². The van der Waals surface area contributed by atoms with Gasteiger partial charge in [0.2, 0.25) is 5.91 Å². The Morgan fingerprint density at radius 2 is 1.96 bits per heavy atom. The number of likely N-dealkylation sites (N-methyl/N-ethyl adjacent to an activating group) is 1. The minimum absolute atomic E-state index is 0.0565. The summed E-state index contributed by atoms with van der Waals surface area (Å²) >= 11 is 1.56. The van der Waals surface area contributed by atoms with E-state index in [0.717, 1.165) is 20.9 Å². The molecule has 132 valence electrons. The SMILES string of the molecule is CC(c1cccnc1)N(C)C(=O)/C=C/c1ccc(-c2ccc(F)cc2)s1. The van der Waals surface area contributed by atoms with Gasteiger partial charge in [-0.05, 0) is 54.5 Å². The quantitative estimate of drug-likeness (QED) is 0.583. The van der Waals surface area contributed by atoms with Gasteiger partial charge in [0.25, 0.3) is 0 Å². The van der Waals surface area contributed by atoms with Crippen LogP contribution in [0.25, 0.3) is 16.5 Å². The monoisotopic (exact) mass is 366 g/mol. The number of aromatic nitrogens is 1. The third-order valence-electron chi connectivity index (χ3n) is 4.24. The lowest BCUT2D eigenvalue weighted by Gasteiger charge is -2.23. The van der Waals surface area contributed by atoms with Crippen molar-refractivity contribution in [2.45, 2.75) is 13.0 Å². The third-order valence-corrected chi connectivity index (χ3v) is 5.34. The van der Waals surface area contributed by atoms with E-state index in [1.807, 2.05) is 37.3 Å². The van der Waals surface area contributed by atoms with E-state index in [0.29, 0.717) is 0 Å². The van der Waals surface area contributed by atoms with Gasteiger partial charge in [-0.15, -0.1) is 11.3 Å². The summed E-state index contributed by atoms with van der Waals surface area (Å²) in [5.74, 6) is -0.320. The third kappa shape index (κ3) is 4.24. The summed E-state index contributed by atoms with van der Waals surface area (Å²) in [6.45, 7) is 1.97. The molecule has 1 amide bonds. The lowest BCUT2D eigenvalue weighted by Crippen LogP contribution is -2.28. The van der Waals surface area contributed by atoms with Crippen LogP contribution < -0.4 is 0 Å². The number of rotatable bonds is 5. The van der Waals surface area contributed by atoms with Gasteiger partial charge in [0.1, 0.15) is 5.82 Å². The fraction of sp³-hybridized carbons (Fsp3) is 0.143. The second-order valence-electron chi connectivity index (χ2n) is 5.95. The molecule has 0 N–H and O–H groups in total. The van der Waals surface area contributed by atoms with E-state index < -0.39 is 0 Å². The van der Waals surface area contributed by atoms with Crippen LogP contribution >= 0.6 is 11.3 Å². The minimum Gasteiger partial charge on any atom is -0.335 e. The highest BCUT2D eigenvalue weighted by molar-refractivity contribution is 7.16. The summed E-state index contributed by atoms with van der Waals surface area (Å²) in [7, 11) is 1.78. The molecule has 0 aliphatic carbocycles. The van der Waals surface area contributed by atoms with Crippen LogP contribution in [0.5, 0.6) is 0 Å². The molecule has 0 aliphatic heterocycles. The van der Waals surface area contributed by atoms with Crippen molar-refractivity contribution < 1.29 is 9.18 Å². The van der Waals surface area contributed by atoms with E-state index in [9.17, 15) is 9.18 Å². The second-order valence-corrected chi connectivity index (χ2v) is 7.07. The van der Waals surface area contributed by atoms with Gasteiger partial charge in [-0.1, -0.05) is 18.2 Å². The van der Waals surface area contributed by atoms with E-state index in [1.54, 1.807) is 53.9 Å². The van der Waals surface area contributed by atoms with Gasteiger partial charge in [0.15, 0.2) is 0 Å². The molecule has 3 rings (SSSR count). The average molecular weight is 366 g/mol. The van der Waals surface area contributed by atoms with E-state index in [-0.39, 0.29) is 17.8 Å². The van der Waals surface area contributed by atoms with Gasteiger partial charge < -0.3 is 4.90 Å². The molecule has 0 radical (unpaired) electrons. The van der Waals surface area contributed by atoms with Crippen LogP contribution in [0.3, 0.4) is 0 Å². The van der Waals surface area contributed by atoms with Crippen molar-refractivity contribution >= 4 is 23.3 Å². The molecule has 3 aromatic rings. The first-order valence-corrected chi connectivity index (χ1v) is 9.07. The first-order chi connectivity index (χ1) is 12.5. The number of amides is 1. The number of benzene rings is 1. The van der Waals surface area contributed by atoms with E-state index in [1.165, 1.54) is 12.1 Å². The van der Waals surface area contributed by atoms with Crippen LogP contribution in [-0.2, 0) is 4.79 Å². The Morgan fingerprint density at radius 3 is 2.65 bits per heavy atom. The van der Waals surface area contributed by atoms with Crippen LogP contribution in [0, 0.1) is 5.82 Å². The Balaban J connectivity index is 1.67. The van der Waals surface area contributed by atoms with Crippen LogP contribution in [0.2, 0.25) is 0 Å². The van der Waals surface area contributed by atoms with Crippen molar-refractivity contribution in [3.63, 3.8) is 0 Å². The molecular weight excluding hydrogens is 347 g/mol. The van der Waals surface area contributed by atoms with Crippen molar-refractivity contribution in [3.05, 3.63) is 83.3 Å². The number of carbonyl (C=O) groups excluding carboxylic acids is 1. The van der Waals surface area contributed by atoms with Crippen LogP contribution in [0.4, 0.5) is 4.39 Å². The summed E-state index contributed by atoms with van der Waals surface area (Å²) in [5.41, 5.74) is 1.95. The van der Waals surface area contributed by atoms with Crippen molar-refractivity contribution in [2.24, 2.45) is 0 Å². The Bertz CT molecular complexity index is 903. The lowest BCUT2D eigenvalue weighted by molar-refractivity contribution is -0.126. The largest absolute Gasteiger partial charge is 0.335 e. The van der Waals surface area contributed by atoms with Crippen molar-refractivity contribution in [1.29, 1.82) is 0 Å². The van der Waals surface area contributed by atoms with Crippen LogP contribution in [0.15, 0.2) is 67.0 Å². The zero-order valence-corrected chi connectivity index (χ0v) is 15.4. The second kappa shape index (κ2) is 8.06. The molecule has 3 nitrogen and oxygen atoms in total. The van der Waals surface area contributed by atoms with Gasteiger partial charge in [-0.25, -0.2) is 4.39 Å². The molecule has 5 heteroatoms. The highest BCUT2D eigenvalue weighted by atomic mass is 32.1. The summed E-state index contributed by atoms with van der Waals surface area (Å²) in [6.07, 6.45) is 6.87. The maximum Gasteiger partial charge on any atom is 0.246 e. The number of pyridine rings is 1. The zero-order chi connectivity index (χ0) is 18.5. The Kier molecular flexibility index (Phi) is 5.58. The highest BCUT2D eigenvalue weighted by Crippen LogP contribution is 2.29. The number of thiophene rings is 1. The topological polar surface area (TPSA) is 33.2 Å². The zero-order valence-electron chi connectivity index (χ0n) is 14.6. The lowest BCUT2D eigenvalue weighted by atomic mass is 10.1. The van der Waals surface area contributed by atoms with Crippen molar-refractivity contribution in [3.8, 4) is 10.4 Å². The fourth-order valence-electron chi connectivity index (χ4n) is 2.52. The predicted octanol–water partition coefficient (Wildman–Crippen LogP) is 5.18. The van der Waals surface area contributed by atoms with E-state index in [2.05, 4.69) is 4.98 Å². The predicted molar refractivity (Wildman–Crippen MR) is 104 cm³/mol. The molecule has 0 saturated carbocycles. The maximum atomic E-state index is 13.0. The molecular formula is C21H19FN2OS. The first kappa shape index (κ1) is 18.0. The molecule has 2 heterocycles. The van der Waals surface area contributed by atoms with Gasteiger partial charge in [0.05, 0.1) is 6.04 Å². The molecule has 2 aromatic heterocycles. The number of carbonyl (C=O) groups is 1. The molecule has 0 fully saturated rings. The number of halogens is 1.